The summed E-state index contributed by atoms with van der Waals surface area (Å²) in [7, 11) is 0. The number of hydrogen-bond acceptors (Lipinski definition) is 1. The number of hydrogen-bond donors (Lipinski definition) is 1. The Bertz CT molecular complexity index is 481. The molecule has 0 aromatic carbocycles. The first kappa shape index (κ1) is 17.8. The zero-order chi connectivity index (χ0) is 13.8. The van der Waals surface area contributed by atoms with Gasteiger partial charge in [-0.25, -0.2) is 0 Å². The molecule has 1 N–H and O–H groups in total. The van der Waals surface area contributed by atoms with E-state index < -0.39 is 0 Å². The zero-order valence-corrected chi connectivity index (χ0v) is 11.9. The van der Waals surface area contributed by atoms with Crippen molar-refractivity contribution in [3.05, 3.63) is 45.2 Å². The maximum Gasteiger partial charge on any atom is 0.189 e. The van der Waals surface area contributed by atoms with E-state index in [2.05, 4.69) is 11.6 Å². The third-order valence-electron chi connectivity index (χ3n) is 1.81. The molecule has 96 valence electrons. The summed E-state index contributed by atoms with van der Waals surface area (Å²) in [5.74, 6) is 0. The molecule has 0 atom stereocenters. The molecule has 0 aliphatic rings. The Labute approximate surface area is 104 Å². The van der Waals surface area contributed by atoms with Crippen molar-refractivity contribution in [1.29, 1.82) is 0 Å². The van der Waals surface area contributed by atoms with E-state index in [1.54, 1.807) is 18.2 Å². The summed E-state index contributed by atoms with van der Waals surface area (Å²) in [6, 6.07) is 1.59. The van der Waals surface area contributed by atoms with Gasteiger partial charge in [-0.2, -0.15) is 0 Å². The monoisotopic (exact) mass is 235 g/mol. The average molecular weight is 235 g/mol. The fraction of sp³-hybridized carbons (Fsp3) is 0.400. The SMILES string of the molecule is C=C/C=c1/c(=O)cc(C)[nH]/c1=C/C.CC.CC. The Morgan fingerprint density at radius 3 is 2.18 bits per heavy atom. The van der Waals surface area contributed by atoms with Crippen molar-refractivity contribution in [2.45, 2.75) is 41.5 Å². The van der Waals surface area contributed by atoms with E-state index in [4.69, 9.17) is 0 Å². The lowest BCUT2D eigenvalue weighted by Crippen LogP contribution is -2.40. The Morgan fingerprint density at radius 1 is 1.24 bits per heavy atom. The van der Waals surface area contributed by atoms with E-state index in [1.807, 2.05) is 47.6 Å². The average Bonchev–Trinajstić information content (AvgIpc) is 2.37. The predicted molar refractivity (Wildman–Crippen MR) is 78.5 cm³/mol. The fourth-order valence-corrected chi connectivity index (χ4v) is 1.24. The Balaban J connectivity index is 0. The van der Waals surface area contributed by atoms with Gasteiger partial charge in [0.2, 0.25) is 0 Å². The molecule has 1 heterocycles. The molecule has 0 saturated carbocycles. The summed E-state index contributed by atoms with van der Waals surface area (Å²) in [5.41, 5.74) is 0.906. The predicted octanol–water partition coefficient (Wildman–Crippen LogP) is 2.50. The van der Waals surface area contributed by atoms with Crippen molar-refractivity contribution in [2.24, 2.45) is 0 Å². The molecule has 0 bridgehead atoms. The first-order valence-electron chi connectivity index (χ1n) is 6.18. The third kappa shape index (κ3) is 5.91. The van der Waals surface area contributed by atoms with Crippen molar-refractivity contribution in [2.75, 3.05) is 0 Å². The molecule has 1 aromatic rings. The Kier molecular flexibility index (Phi) is 11.5. The summed E-state index contributed by atoms with van der Waals surface area (Å²) >= 11 is 0. The summed E-state index contributed by atoms with van der Waals surface area (Å²) in [6.45, 7) is 15.3. The van der Waals surface area contributed by atoms with Crippen LogP contribution in [-0.2, 0) is 0 Å². The van der Waals surface area contributed by atoms with Crippen molar-refractivity contribution in [3.63, 3.8) is 0 Å². The highest BCUT2D eigenvalue weighted by atomic mass is 16.1. The largest absolute Gasteiger partial charge is 0.359 e. The Hall–Kier alpha value is -1.57. The molecular formula is C15H25NO. The molecule has 2 nitrogen and oxygen atoms in total. The van der Waals surface area contributed by atoms with Crippen LogP contribution in [-0.4, -0.2) is 4.98 Å². The number of aryl methyl sites for hydroxylation is 1. The minimum atomic E-state index is 0.0317. The topological polar surface area (TPSA) is 32.9 Å². The van der Waals surface area contributed by atoms with Crippen molar-refractivity contribution in [1.82, 2.24) is 4.98 Å². The van der Waals surface area contributed by atoms with Gasteiger partial charge < -0.3 is 4.98 Å². The number of rotatable bonds is 1. The van der Waals surface area contributed by atoms with Gasteiger partial charge in [-0.3, -0.25) is 4.79 Å². The summed E-state index contributed by atoms with van der Waals surface area (Å²) < 4.78 is 0. The van der Waals surface area contributed by atoms with Crippen molar-refractivity contribution in [3.8, 4) is 0 Å². The van der Waals surface area contributed by atoms with Crippen LogP contribution in [0.3, 0.4) is 0 Å². The second kappa shape index (κ2) is 10.9. The molecule has 17 heavy (non-hydrogen) atoms. The molecule has 0 saturated heterocycles. The number of aromatic nitrogens is 1. The van der Waals surface area contributed by atoms with E-state index in [1.165, 1.54) is 0 Å². The molecule has 1 rings (SSSR count). The molecule has 0 amide bonds. The molecule has 0 fully saturated rings. The van der Waals surface area contributed by atoms with Gasteiger partial charge in [0.1, 0.15) is 0 Å². The zero-order valence-electron chi connectivity index (χ0n) is 11.9. The molecule has 0 spiro atoms. The van der Waals surface area contributed by atoms with E-state index in [0.29, 0.717) is 5.22 Å². The lowest BCUT2D eigenvalue weighted by atomic mass is 10.2. The van der Waals surface area contributed by atoms with Gasteiger partial charge in [0.15, 0.2) is 5.43 Å². The normalized spacial score (nSPS) is 10.9. The summed E-state index contributed by atoms with van der Waals surface area (Å²) in [5, 5.41) is 1.52. The van der Waals surface area contributed by atoms with Crippen molar-refractivity contribution < 1.29 is 0 Å². The van der Waals surface area contributed by atoms with Gasteiger partial charge in [0.25, 0.3) is 0 Å². The van der Waals surface area contributed by atoms with Crippen molar-refractivity contribution >= 4 is 12.2 Å². The van der Waals surface area contributed by atoms with Crippen LogP contribution >= 0.6 is 0 Å². The first-order valence-corrected chi connectivity index (χ1v) is 6.18. The molecule has 1 aromatic heterocycles. The van der Waals surface area contributed by atoms with Crippen LogP contribution in [0.1, 0.15) is 40.3 Å². The van der Waals surface area contributed by atoms with E-state index in [0.717, 1.165) is 11.0 Å². The summed E-state index contributed by atoms with van der Waals surface area (Å²) in [4.78, 5) is 14.6. The highest BCUT2D eigenvalue weighted by Crippen LogP contribution is 1.75. The quantitative estimate of drug-likeness (QED) is 0.797. The lowest BCUT2D eigenvalue weighted by molar-refractivity contribution is 1.11. The molecule has 2 heteroatoms. The van der Waals surface area contributed by atoms with Gasteiger partial charge in [0, 0.05) is 22.3 Å². The van der Waals surface area contributed by atoms with Gasteiger partial charge >= 0.3 is 0 Å². The molecule has 0 aliphatic heterocycles. The van der Waals surface area contributed by atoms with E-state index in [-0.39, 0.29) is 5.43 Å². The highest BCUT2D eigenvalue weighted by Gasteiger charge is 1.91. The van der Waals surface area contributed by atoms with Gasteiger partial charge in [-0.15, -0.1) is 0 Å². The van der Waals surface area contributed by atoms with Crippen LogP contribution in [0.4, 0.5) is 0 Å². The number of H-pyrrole nitrogens is 1. The molecule has 0 radical (unpaired) electrons. The second-order valence-electron chi connectivity index (χ2n) is 2.83. The van der Waals surface area contributed by atoms with Crippen LogP contribution < -0.4 is 16.0 Å². The first-order chi connectivity index (χ1) is 8.19. The Morgan fingerprint density at radius 2 is 1.76 bits per heavy atom. The molecular weight excluding hydrogens is 210 g/mol. The fourth-order valence-electron chi connectivity index (χ4n) is 1.24. The maximum absolute atomic E-state index is 11.5. The smallest absolute Gasteiger partial charge is 0.189 e. The van der Waals surface area contributed by atoms with Crippen LogP contribution in [0.25, 0.3) is 12.2 Å². The third-order valence-corrected chi connectivity index (χ3v) is 1.81. The number of allylic oxidation sites excluding steroid dienone is 1. The standard InChI is InChI=1S/C11H13NO.2C2H6/c1-4-6-9-10(5-2)12-8(3)7-11(9)13;2*1-2/h4-7,12H,1H2,2-3H3;2*1-2H3/b9-6+,10-5+;;. The van der Waals surface area contributed by atoms with E-state index >= 15 is 0 Å². The highest BCUT2D eigenvalue weighted by molar-refractivity contribution is 5.36. The molecule has 0 unspecified atom stereocenters. The van der Waals surface area contributed by atoms with Gasteiger partial charge in [-0.1, -0.05) is 46.4 Å². The molecule has 0 aliphatic carbocycles. The second-order valence-corrected chi connectivity index (χ2v) is 2.83. The minimum absolute atomic E-state index is 0.0317. The van der Waals surface area contributed by atoms with Gasteiger partial charge in [0.05, 0.1) is 0 Å². The van der Waals surface area contributed by atoms with Crippen LogP contribution in [0.2, 0.25) is 0 Å². The van der Waals surface area contributed by atoms with Gasteiger partial charge in [-0.05, 0) is 19.9 Å². The number of nitrogens with one attached hydrogen (secondary N) is 1. The summed E-state index contributed by atoms with van der Waals surface area (Å²) in [6.07, 6.45) is 5.21. The van der Waals surface area contributed by atoms with E-state index in [9.17, 15) is 4.79 Å². The minimum Gasteiger partial charge on any atom is -0.359 e. The van der Waals surface area contributed by atoms with Crippen LogP contribution in [0.5, 0.6) is 0 Å². The number of pyridine rings is 1. The van der Waals surface area contributed by atoms with Crippen LogP contribution in [0, 0.1) is 6.92 Å². The maximum atomic E-state index is 11.5. The van der Waals surface area contributed by atoms with Crippen LogP contribution in [0.15, 0.2) is 23.5 Å². The lowest BCUT2D eigenvalue weighted by Gasteiger charge is -1.93. The number of aromatic amines is 1.